The zero-order valence-electron chi connectivity index (χ0n) is 14.9. The van der Waals surface area contributed by atoms with Gasteiger partial charge in [0.05, 0.1) is 6.61 Å². The van der Waals surface area contributed by atoms with Crippen molar-refractivity contribution >= 4 is 11.9 Å². The van der Waals surface area contributed by atoms with Crippen LogP contribution < -0.4 is 0 Å². The van der Waals surface area contributed by atoms with Crippen molar-refractivity contribution in [1.82, 2.24) is 0 Å². The molecule has 0 saturated carbocycles. The van der Waals surface area contributed by atoms with Crippen molar-refractivity contribution in [3.05, 3.63) is 37.0 Å². The Labute approximate surface area is 141 Å². The van der Waals surface area contributed by atoms with Crippen molar-refractivity contribution in [2.75, 3.05) is 13.2 Å². The summed E-state index contributed by atoms with van der Waals surface area (Å²) in [4.78, 5) is 21.4. The molecule has 0 atom stereocenters. The molecule has 0 rings (SSSR count). The van der Waals surface area contributed by atoms with Crippen molar-refractivity contribution in [3.63, 3.8) is 0 Å². The van der Waals surface area contributed by atoms with Gasteiger partial charge in [0, 0.05) is 11.6 Å². The molecule has 0 heterocycles. The standard InChI is InChI=1S/C12H22O2.C7H10O2/c1-4-5-6-7-8-9-10-14-12(13)11(2)3;1-3-5-7(8)9-6-4-2/h2,4-10H2,1,3H3;3-5H,2,6H2,1H3. The minimum absolute atomic E-state index is 0.265. The molecule has 0 aromatic carbocycles. The van der Waals surface area contributed by atoms with E-state index in [1.807, 2.05) is 0 Å². The number of ether oxygens (including phenoxy) is 2. The first-order valence-electron chi connectivity index (χ1n) is 8.22. The normalized spacial score (nSPS) is 9.70. The summed E-state index contributed by atoms with van der Waals surface area (Å²) in [5.74, 6) is -0.587. The molecule has 0 unspecified atom stereocenters. The fourth-order valence-corrected chi connectivity index (χ4v) is 1.50. The monoisotopic (exact) mass is 324 g/mol. The highest BCUT2D eigenvalue weighted by Crippen LogP contribution is 2.05. The Kier molecular flexibility index (Phi) is 18.5. The second-order valence-corrected chi connectivity index (χ2v) is 5.10. The lowest BCUT2D eigenvalue weighted by molar-refractivity contribution is -0.139. The third-order valence-corrected chi connectivity index (χ3v) is 2.73. The Hall–Kier alpha value is -1.84. The van der Waals surface area contributed by atoms with E-state index in [9.17, 15) is 9.59 Å². The van der Waals surface area contributed by atoms with Gasteiger partial charge in [-0.15, -0.1) is 0 Å². The second-order valence-electron chi connectivity index (χ2n) is 5.10. The lowest BCUT2D eigenvalue weighted by Crippen LogP contribution is -2.05. The van der Waals surface area contributed by atoms with E-state index in [1.54, 1.807) is 19.9 Å². The van der Waals surface area contributed by atoms with E-state index in [0.717, 1.165) is 12.8 Å². The quantitative estimate of drug-likeness (QED) is 0.238. The summed E-state index contributed by atoms with van der Waals surface area (Å²) in [6, 6.07) is 0. The predicted molar refractivity (Wildman–Crippen MR) is 95.1 cm³/mol. The summed E-state index contributed by atoms with van der Waals surface area (Å²) >= 11 is 0. The molecule has 4 nitrogen and oxygen atoms in total. The molecule has 0 aliphatic carbocycles. The molecule has 23 heavy (non-hydrogen) atoms. The Morgan fingerprint density at radius 2 is 1.65 bits per heavy atom. The summed E-state index contributed by atoms with van der Waals surface area (Å²) in [5, 5.41) is 0. The summed E-state index contributed by atoms with van der Waals surface area (Å²) < 4.78 is 9.56. The fourth-order valence-electron chi connectivity index (χ4n) is 1.50. The first-order valence-corrected chi connectivity index (χ1v) is 8.22. The van der Waals surface area contributed by atoms with E-state index in [0.29, 0.717) is 12.2 Å². The van der Waals surface area contributed by atoms with Crippen LogP contribution in [0.5, 0.6) is 0 Å². The van der Waals surface area contributed by atoms with Crippen LogP contribution in [0.2, 0.25) is 0 Å². The van der Waals surface area contributed by atoms with Gasteiger partial charge in [-0.1, -0.05) is 64.3 Å². The van der Waals surface area contributed by atoms with E-state index in [2.05, 4.69) is 24.8 Å². The van der Waals surface area contributed by atoms with Gasteiger partial charge >= 0.3 is 11.9 Å². The average molecular weight is 324 g/mol. The fraction of sp³-hybridized carbons (Fsp3) is 0.579. The van der Waals surface area contributed by atoms with Crippen LogP contribution in [0.3, 0.4) is 0 Å². The van der Waals surface area contributed by atoms with Gasteiger partial charge in [0.25, 0.3) is 0 Å². The SMILES string of the molecule is C=C(C)C(=O)OCCCCCCCC.C=CCOC(=O)C=CC. The van der Waals surface area contributed by atoms with Gasteiger partial charge in [0.2, 0.25) is 0 Å². The van der Waals surface area contributed by atoms with E-state index < -0.39 is 0 Å². The lowest BCUT2D eigenvalue weighted by atomic mass is 10.1. The molecule has 0 aliphatic heterocycles. The molecule has 0 radical (unpaired) electrons. The van der Waals surface area contributed by atoms with Gasteiger partial charge in [-0.3, -0.25) is 0 Å². The maximum absolute atomic E-state index is 11.0. The number of rotatable bonds is 11. The van der Waals surface area contributed by atoms with E-state index in [-0.39, 0.29) is 18.5 Å². The zero-order chi connectivity index (χ0) is 17.9. The van der Waals surface area contributed by atoms with Gasteiger partial charge in [-0.05, 0) is 20.3 Å². The molecular weight excluding hydrogens is 292 g/mol. The molecule has 0 aromatic rings. The number of esters is 2. The van der Waals surface area contributed by atoms with Crippen LogP contribution in [0, 0.1) is 0 Å². The lowest BCUT2D eigenvalue weighted by Gasteiger charge is -2.03. The largest absolute Gasteiger partial charge is 0.462 e. The van der Waals surface area contributed by atoms with Crippen molar-refractivity contribution in [2.45, 2.75) is 59.3 Å². The number of hydrogen-bond donors (Lipinski definition) is 0. The summed E-state index contributed by atoms with van der Waals surface area (Å²) in [6.07, 6.45) is 11.8. The Morgan fingerprint density at radius 3 is 2.17 bits per heavy atom. The van der Waals surface area contributed by atoms with Gasteiger partial charge in [-0.25, -0.2) is 9.59 Å². The molecule has 0 N–H and O–H groups in total. The van der Waals surface area contributed by atoms with Crippen molar-refractivity contribution in [2.24, 2.45) is 0 Å². The third-order valence-electron chi connectivity index (χ3n) is 2.73. The maximum atomic E-state index is 11.0. The highest BCUT2D eigenvalue weighted by Gasteiger charge is 2.01. The molecule has 132 valence electrons. The van der Waals surface area contributed by atoms with E-state index in [4.69, 9.17) is 4.74 Å². The van der Waals surface area contributed by atoms with Crippen LogP contribution in [0.25, 0.3) is 0 Å². The number of carbonyl (C=O) groups is 2. The molecule has 0 spiro atoms. The van der Waals surface area contributed by atoms with Crippen molar-refractivity contribution in [1.29, 1.82) is 0 Å². The number of hydrogen-bond acceptors (Lipinski definition) is 4. The van der Waals surface area contributed by atoms with Crippen molar-refractivity contribution < 1.29 is 19.1 Å². The first-order chi connectivity index (χ1) is 11.0. The molecular formula is C19H32O4. The zero-order valence-corrected chi connectivity index (χ0v) is 14.9. The van der Waals surface area contributed by atoms with Gasteiger partial charge in [0.15, 0.2) is 0 Å². The molecule has 0 fully saturated rings. The van der Waals surface area contributed by atoms with E-state index >= 15 is 0 Å². The number of unbranched alkanes of at least 4 members (excludes halogenated alkanes) is 5. The smallest absolute Gasteiger partial charge is 0.333 e. The predicted octanol–water partition coefficient (Wildman–Crippen LogP) is 4.76. The molecule has 4 heteroatoms. The molecule has 0 amide bonds. The highest BCUT2D eigenvalue weighted by atomic mass is 16.5. The van der Waals surface area contributed by atoms with E-state index in [1.165, 1.54) is 37.8 Å². The van der Waals surface area contributed by atoms with Crippen LogP contribution in [0.15, 0.2) is 37.0 Å². The minimum atomic E-state index is -0.322. The first kappa shape index (κ1) is 23.4. The molecule has 0 aromatic heterocycles. The van der Waals surface area contributed by atoms with Crippen LogP contribution in [-0.4, -0.2) is 25.2 Å². The summed E-state index contributed by atoms with van der Waals surface area (Å²) in [7, 11) is 0. The second kappa shape index (κ2) is 18.2. The topological polar surface area (TPSA) is 52.6 Å². The number of carbonyl (C=O) groups excluding carboxylic acids is 2. The van der Waals surface area contributed by atoms with Crippen LogP contribution in [0.4, 0.5) is 0 Å². The minimum Gasteiger partial charge on any atom is -0.462 e. The van der Waals surface area contributed by atoms with Crippen LogP contribution >= 0.6 is 0 Å². The summed E-state index contributed by atoms with van der Waals surface area (Å²) in [6.45, 7) is 13.4. The molecule has 0 saturated heterocycles. The Balaban J connectivity index is 0. The maximum Gasteiger partial charge on any atom is 0.333 e. The highest BCUT2D eigenvalue weighted by molar-refractivity contribution is 5.86. The van der Waals surface area contributed by atoms with Crippen LogP contribution in [0.1, 0.15) is 59.3 Å². The summed E-state index contributed by atoms with van der Waals surface area (Å²) in [5.41, 5.74) is 0.482. The molecule has 0 bridgehead atoms. The third kappa shape index (κ3) is 20.2. The Bertz CT molecular complexity index is 370. The van der Waals surface area contributed by atoms with Crippen LogP contribution in [-0.2, 0) is 19.1 Å². The van der Waals surface area contributed by atoms with Gasteiger partial charge in [0.1, 0.15) is 6.61 Å². The van der Waals surface area contributed by atoms with Crippen molar-refractivity contribution in [3.8, 4) is 0 Å². The number of allylic oxidation sites excluding steroid dienone is 1. The van der Waals surface area contributed by atoms with Gasteiger partial charge < -0.3 is 9.47 Å². The average Bonchev–Trinajstić information content (AvgIpc) is 2.52. The Morgan fingerprint density at radius 1 is 1.04 bits per heavy atom. The molecule has 0 aliphatic rings. The van der Waals surface area contributed by atoms with Gasteiger partial charge in [-0.2, -0.15) is 0 Å².